The summed E-state index contributed by atoms with van der Waals surface area (Å²) in [6, 6.07) is 1.73. The maximum atomic E-state index is 11.9. The molecule has 0 saturated heterocycles. The minimum Gasteiger partial charge on any atom is -0.510 e. The molecule has 0 spiro atoms. The van der Waals surface area contributed by atoms with E-state index in [2.05, 4.69) is 10.3 Å². The minimum absolute atomic E-state index is 0.0587. The van der Waals surface area contributed by atoms with E-state index in [-0.39, 0.29) is 17.3 Å². The number of aliphatic hydroxyl groups excluding tert-OH is 1. The number of nitriles is 1. The summed E-state index contributed by atoms with van der Waals surface area (Å²) in [7, 11) is 0. The number of carbonyl (C=O) groups is 1. The molecule has 2 N–H and O–H groups in total. The third-order valence-electron chi connectivity index (χ3n) is 2.77. The summed E-state index contributed by atoms with van der Waals surface area (Å²) in [6.07, 6.45) is 6.68. The van der Waals surface area contributed by atoms with Gasteiger partial charge in [0.15, 0.2) is 10.6 Å². The van der Waals surface area contributed by atoms with Crippen LogP contribution in [-0.2, 0) is 4.79 Å². The second-order valence-electron chi connectivity index (χ2n) is 4.33. The molecule has 1 amide bonds. The molecule has 1 unspecified atom stereocenters. The van der Waals surface area contributed by atoms with Crippen LogP contribution < -0.4 is 5.32 Å². The van der Waals surface area contributed by atoms with Crippen molar-refractivity contribution in [2.24, 2.45) is 10.9 Å². The Labute approximate surface area is 109 Å². The molecule has 1 heterocycles. The van der Waals surface area contributed by atoms with Crippen molar-refractivity contribution in [3.05, 3.63) is 23.6 Å². The number of amides is 1. The van der Waals surface area contributed by atoms with E-state index in [0.29, 0.717) is 6.42 Å². The Morgan fingerprint density at radius 1 is 1.61 bits per heavy atom. The van der Waals surface area contributed by atoms with Crippen LogP contribution in [-0.4, -0.2) is 22.2 Å². The fourth-order valence-corrected chi connectivity index (χ4v) is 1.85. The Hall–Kier alpha value is -1.80. The Morgan fingerprint density at radius 2 is 2.33 bits per heavy atom. The van der Waals surface area contributed by atoms with Gasteiger partial charge in [-0.15, -0.1) is 0 Å². The van der Waals surface area contributed by atoms with Crippen LogP contribution in [0.3, 0.4) is 0 Å². The highest BCUT2D eigenvalue weighted by molar-refractivity contribution is 6.33. The highest BCUT2D eigenvalue weighted by Crippen LogP contribution is 2.36. The van der Waals surface area contributed by atoms with E-state index in [9.17, 15) is 9.90 Å². The topological polar surface area (TPSA) is 85.5 Å². The van der Waals surface area contributed by atoms with Gasteiger partial charge in [0, 0.05) is 24.8 Å². The lowest BCUT2D eigenvalue weighted by Gasteiger charge is -2.24. The van der Waals surface area contributed by atoms with E-state index in [1.54, 1.807) is 18.3 Å². The van der Waals surface area contributed by atoms with Crippen molar-refractivity contribution in [1.82, 2.24) is 5.32 Å². The molecule has 2 rings (SSSR count). The number of nitrogens with one attached hydrogen (secondary N) is 1. The highest BCUT2D eigenvalue weighted by Gasteiger charge is 2.34. The van der Waals surface area contributed by atoms with Crippen molar-refractivity contribution < 1.29 is 9.90 Å². The van der Waals surface area contributed by atoms with E-state index in [0.717, 1.165) is 12.8 Å². The first kappa shape index (κ1) is 12.7. The quantitative estimate of drug-likeness (QED) is 0.268. The maximum absolute atomic E-state index is 11.9. The summed E-state index contributed by atoms with van der Waals surface area (Å²) < 4.78 is 0. The Bertz CT molecular complexity index is 500. The average Bonchev–Trinajstić information content (AvgIpc) is 3.13. The average molecular weight is 266 g/mol. The number of carbonyl (C=O) groups excluding carboxylic acids is 1. The van der Waals surface area contributed by atoms with Gasteiger partial charge in [0.25, 0.3) is 5.91 Å². The van der Waals surface area contributed by atoms with Crippen molar-refractivity contribution in [3.63, 3.8) is 0 Å². The van der Waals surface area contributed by atoms with Crippen molar-refractivity contribution >= 4 is 23.7 Å². The standard InChI is InChI=1S/C12H12ClN3O2/c13-12(4-1-5-15-7-12)16-11(18)9(6-14)10(17)8-2-3-8/h1,5,7-8,17H,2-4H2,(H,16,18). The number of aliphatic hydroxyl groups is 1. The predicted octanol–water partition coefficient (Wildman–Crippen LogP) is 1.77. The van der Waals surface area contributed by atoms with E-state index in [4.69, 9.17) is 16.9 Å². The molecular weight excluding hydrogens is 254 g/mol. The molecule has 1 aliphatic heterocycles. The molecule has 1 atom stereocenters. The maximum Gasteiger partial charge on any atom is 0.267 e. The van der Waals surface area contributed by atoms with Gasteiger partial charge in [0.1, 0.15) is 11.8 Å². The zero-order chi connectivity index (χ0) is 13.2. The van der Waals surface area contributed by atoms with Gasteiger partial charge in [-0.1, -0.05) is 17.7 Å². The Morgan fingerprint density at radius 3 is 2.83 bits per heavy atom. The van der Waals surface area contributed by atoms with Crippen LogP contribution in [0.25, 0.3) is 0 Å². The molecule has 94 valence electrons. The van der Waals surface area contributed by atoms with Gasteiger partial charge in [-0.25, -0.2) is 0 Å². The minimum atomic E-state index is -1.13. The zero-order valence-corrected chi connectivity index (χ0v) is 10.3. The van der Waals surface area contributed by atoms with Crippen LogP contribution in [0.1, 0.15) is 19.3 Å². The van der Waals surface area contributed by atoms with Crippen molar-refractivity contribution in [3.8, 4) is 6.07 Å². The number of allylic oxidation sites excluding steroid dienone is 1. The van der Waals surface area contributed by atoms with E-state index < -0.39 is 10.9 Å². The smallest absolute Gasteiger partial charge is 0.267 e. The Balaban J connectivity index is 2.12. The fraction of sp³-hybridized carbons (Fsp3) is 0.417. The third-order valence-corrected chi connectivity index (χ3v) is 3.11. The van der Waals surface area contributed by atoms with Gasteiger partial charge in [0.2, 0.25) is 0 Å². The summed E-state index contributed by atoms with van der Waals surface area (Å²) >= 11 is 6.12. The van der Waals surface area contributed by atoms with E-state index >= 15 is 0 Å². The molecule has 5 nitrogen and oxygen atoms in total. The van der Waals surface area contributed by atoms with Crippen molar-refractivity contribution in [1.29, 1.82) is 5.26 Å². The first-order chi connectivity index (χ1) is 8.56. The zero-order valence-electron chi connectivity index (χ0n) is 9.56. The van der Waals surface area contributed by atoms with Gasteiger partial charge in [-0.2, -0.15) is 5.26 Å². The van der Waals surface area contributed by atoms with Crippen LogP contribution in [0, 0.1) is 17.2 Å². The summed E-state index contributed by atoms with van der Waals surface area (Å²) in [5.74, 6) is -0.867. The van der Waals surface area contributed by atoms with Crippen LogP contribution in [0.5, 0.6) is 0 Å². The summed E-state index contributed by atoms with van der Waals surface area (Å²) in [4.78, 5) is 14.6. The van der Waals surface area contributed by atoms with Gasteiger partial charge in [-0.05, 0) is 12.8 Å². The number of aliphatic imine (C=N–C) groups is 1. The molecule has 1 aliphatic carbocycles. The van der Waals surface area contributed by atoms with Crippen molar-refractivity contribution in [2.75, 3.05) is 0 Å². The van der Waals surface area contributed by atoms with Gasteiger partial charge >= 0.3 is 0 Å². The monoisotopic (exact) mass is 265 g/mol. The van der Waals surface area contributed by atoms with E-state index in [1.165, 1.54) is 6.21 Å². The van der Waals surface area contributed by atoms with Crippen molar-refractivity contribution in [2.45, 2.75) is 24.3 Å². The second-order valence-corrected chi connectivity index (χ2v) is 5.00. The lowest BCUT2D eigenvalue weighted by atomic mass is 10.1. The molecular formula is C12H12ClN3O2. The number of rotatable bonds is 3. The van der Waals surface area contributed by atoms with Crippen LogP contribution >= 0.6 is 11.6 Å². The molecule has 0 aromatic heterocycles. The van der Waals surface area contributed by atoms with Gasteiger partial charge in [0.05, 0.1) is 0 Å². The van der Waals surface area contributed by atoms with Crippen LogP contribution in [0.4, 0.5) is 0 Å². The molecule has 2 aliphatic rings. The molecule has 0 radical (unpaired) electrons. The molecule has 0 aromatic carbocycles. The largest absolute Gasteiger partial charge is 0.510 e. The normalized spacial score (nSPS) is 27.3. The Kier molecular flexibility index (Phi) is 3.39. The number of alkyl halides is 1. The van der Waals surface area contributed by atoms with Gasteiger partial charge in [-0.3, -0.25) is 9.79 Å². The predicted molar refractivity (Wildman–Crippen MR) is 67.0 cm³/mol. The fourth-order valence-electron chi connectivity index (χ4n) is 1.62. The molecule has 0 aromatic rings. The van der Waals surface area contributed by atoms with E-state index in [1.807, 2.05) is 0 Å². The third kappa shape index (κ3) is 2.71. The van der Waals surface area contributed by atoms with Crippen LogP contribution in [0.15, 0.2) is 28.6 Å². The summed E-state index contributed by atoms with van der Waals surface area (Å²) in [6.45, 7) is 0. The first-order valence-corrected chi connectivity index (χ1v) is 5.97. The number of nitrogens with zero attached hydrogens (tertiary/aromatic N) is 2. The lowest BCUT2D eigenvalue weighted by molar-refractivity contribution is -0.117. The number of hydrogen-bond acceptors (Lipinski definition) is 4. The molecule has 1 fully saturated rings. The first-order valence-electron chi connectivity index (χ1n) is 5.60. The van der Waals surface area contributed by atoms with Gasteiger partial charge < -0.3 is 10.4 Å². The molecule has 18 heavy (non-hydrogen) atoms. The summed E-state index contributed by atoms with van der Waals surface area (Å²) in [5.41, 5.74) is -0.263. The van der Waals surface area contributed by atoms with Crippen LogP contribution in [0.2, 0.25) is 0 Å². The molecule has 0 bridgehead atoms. The lowest BCUT2D eigenvalue weighted by Crippen LogP contribution is -2.46. The highest BCUT2D eigenvalue weighted by atomic mass is 35.5. The SMILES string of the molecule is N#CC(C(=O)NC1(Cl)C=NC=CC1)=C(O)C1CC1. The summed E-state index contributed by atoms with van der Waals surface area (Å²) in [5, 5.41) is 21.2. The number of hydrogen-bond donors (Lipinski definition) is 2. The molecule has 1 saturated carbocycles. The second kappa shape index (κ2) is 4.83. The molecule has 6 heteroatoms. The number of halogens is 1.